The van der Waals surface area contributed by atoms with E-state index in [1.54, 1.807) is 37.3 Å². The van der Waals surface area contributed by atoms with Crippen molar-refractivity contribution in [2.75, 3.05) is 16.8 Å². The fourth-order valence-electron chi connectivity index (χ4n) is 3.37. The average Bonchev–Trinajstić information content (AvgIpc) is 3.17. The van der Waals surface area contributed by atoms with E-state index in [-0.39, 0.29) is 18.0 Å². The molecule has 2 aromatic carbocycles. The molecule has 1 aliphatic heterocycles. The lowest BCUT2D eigenvalue weighted by atomic mass is 10.1. The van der Waals surface area contributed by atoms with Gasteiger partial charge in [-0.1, -0.05) is 12.1 Å². The first-order chi connectivity index (χ1) is 14.8. The van der Waals surface area contributed by atoms with Gasteiger partial charge in [-0.25, -0.2) is 4.98 Å². The van der Waals surface area contributed by atoms with Crippen LogP contribution in [0.1, 0.15) is 22.3 Å². The minimum absolute atomic E-state index is 0.194. The van der Waals surface area contributed by atoms with Gasteiger partial charge in [0.15, 0.2) is 6.10 Å². The maximum Gasteiger partial charge on any atom is 0.268 e. The molecular weight excluding hydrogens is 416 g/mol. The number of fused-ring (bicyclic) bond motifs is 1. The average molecular weight is 436 g/mol. The summed E-state index contributed by atoms with van der Waals surface area (Å²) in [6, 6.07) is 11.9. The molecule has 0 saturated carbocycles. The Morgan fingerprint density at radius 2 is 2.03 bits per heavy atom. The van der Waals surface area contributed by atoms with Crippen molar-refractivity contribution in [1.82, 2.24) is 4.98 Å². The monoisotopic (exact) mass is 436 g/mol. The van der Waals surface area contributed by atoms with Gasteiger partial charge in [-0.15, -0.1) is 11.3 Å². The van der Waals surface area contributed by atoms with E-state index in [0.717, 1.165) is 16.3 Å². The summed E-state index contributed by atoms with van der Waals surface area (Å²) >= 11 is 1.53. The maximum atomic E-state index is 12.8. The molecule has 4 rings (SSSR count). The zero-order valence-electron chi connectivity index (χ0n) is 16.9. The number of para-hydroxylation sites is 1. The van der Waals surface area contributed by atoms with E-state index in [9.17, 15) is 14.4 Å². The quantitative estimate of drug-likeness (QED) is 0.638. The van der Waals surface area contributed by atoms with E-state index in [1.807, 2.05) is 18.4 Å². The molecule has 158 valence electrons. The van der Waals surface area contributed by atoms with E-state index in [2.05, 4.69) is 10.3 Å². The van der Waals surface area contributed by atoms with Crippen molar-refractivity contribution in [3.8, 4) is 17.0 Å². The van der Waals surface area contributed by atoms with Crippen LogP contribution in [-0.2, 0) is 9.59 Å². The number of ether oxygens (including phenoxy) is 1. The van der Waals surface area contributed by atoms with Crippen molar-refractivity contribution >= 4 is 40.4 Å². The van der Waals surface area contributed by atoms with Gasteiger partial charge >= 0.3 is 0 Å². The second kappa shape index (κ2) is 8.19. The second-order valence-electron chi connectivity index (χ2n) is 7.08. The highest BCUT2D eigenvalue weighted by Crippen LogP contribution is 2.37. The van der Waals surface area contributed by atoms with Gasteiger partial charge in [0.1, 0.15) is 12.3 Å². The molecule has 0 fully saturated rings. The summed E-state index contributed by atoms with van der Waals surface area (Å²) in [5.41, 5.74) is 7.96. The molecule has 1 atom stereocenters. The Kier molecular flexibility index (Phi) is 5.43. The van der Waals surface area contributed by atoms with Crippen molar-refractivity contribution in [3.05, 3.63) is 58.4 Å². The van der Waals surface area contributed by atoms with Crippen LogP contribution in [0.15, 0.2) is 47.8 Å². The largest absolute Gasteiger partial charge is 0.479 e. The number of anilines is 2. The zero-order chi connectivity index (χ0) is 22.1. The predicted octanol–water partition coefficient (Wildman–Crippen LogP) is 2.97. The number of hydrogen-bond donors (Lipinski definition) is 2. The standard InChI is InChI=1S/C22H20N4O4S/c1-12-22(29)26(10-20(27)25-16-6-4-3-5-15(16)21(23)28)18-9-14(7-8-19(18)30-12)17-11-31-13(2)24-17/h3-9,11-12H,10H2,1-2H3,(H2,23,28)(H,25,27). The van der Waals surface area contributed by atoms with Crippen molar-refractivity contribution in [1.29, 1.82) is 0 Å². The molecule has 3 amide bonds. The number of carbonyl (C=O) groups excluding carboxylic acids is 3. The van der Waals surface area contributed by atoms with Crippen molar-refractivity contribution in [2.45, 2.75) is 20.0 Å². The SMILES string of the molecule is Cc1nc(-c2ccc3c(c2)N(CC(=O)Nc2ccccc2C(N)=O)C(=O)C(C)O3)cs1. The summed E-state index contributed by atoms with van der Waals surface area (Å²) in [7, 11) is 0. The molecule has 9 heteroatoms. The molecule has 3 N–H and O–H groups in total. The number of hydrogen-bond acceptors (Lipinski definition) is 6. The Labute approximate surface area is 182 Å². The maximum absolute atomic E-state index is 12.8. The molecular formula is C22H20N4O4S. The Morgan fingerprint density at radius 3 is 2.74 bits per heavy atom. The molecule has 1 aliphatic rings. The van der Waals surface area contributed by atoms with E-state index < -0.39 is 17.9 Å². The minimum Gasteiger partial charge on any atom is -0.479 e. The molecule has 8 nitrogen and oxygen atoms in total. The van der Waals surface area contributed by atoms with E-state index in [0.29, 0.717) is 17.1 Å². The molecule has 1 unspecified atom stereocenters. The second-order valence-corrected chi connectivity index (χ2v) is 8.14. The number of nitrogens with zero attached hydrogens (tertiary/aromatic N) is 2. The molecule has 0 saturated heterocycles. The molecule has 0 spiro atoms. The van der Waals surface area contributed by atoms with Gasteiger partial charge in [-0.2, -0.15) is 0 Å². The Morgan fingerprint density at radius 1 is 1.26 bits per heavy atom. The number of benzene rings is 2. The van der Waals surface area contributed by atoms with Gasteiger partial charge in [0.05, 0.1) is 27.6 Å². The normalized spacial score (nSPS) is 15.2. The molecule has 2 heterocycles. The third-order valence-corrected chi connectivity index (χ3v) is 5.62. The van der Waals surface area contributed by atoms with Gasteiger partial charge in [0.25, 0.3) is 11.8 Å². The lowest BCUT2D eigenvalue weighted by Crippen LogP contribution is -2.47. The summed E-state index contributed by atoms with van der Waals surface area (Å²) in [5, 5.41) is 5.53. The van der Waals surface area contributed by atoms with Crippen LogP contribution in [-0.4, -0.2) is 35.4 Å². The first-order valence-corrected chi connectivity index (χ1v) is 10.4. The summed E-state index contributed by atoms with van der Waals surface area (Å²) in [6.07, 6.45) is -0.731. The topological polar surface area (TPSA) is 115 Å². The van der Waals surface area contributed by atoms with Crippen LogP contribution < -0.4 is 20.7 Å². The Balaban J connectivity index is 1.63. The van der Waals surface area contributed by atoms with Gasteiger partial charge in [0, 0.05) is 10.9 Å². The van der Waals surface area contributed by atoms with Crippen LogP contribution in [0, 0.1) is 6.92 Å². The highest BCUT2D eigenvalue weighted by atomic mass is 32.1. The molecule has 31 heavy (non-hydrogen) atoms. The highest BCUT2D eigenvalue weighted by molar-refractivity contribution is 7.09. The van der Waals surface area contributed by atoms with Crippen LogP contribution in [0.2, 0.25) is 0 Å². The number of thiazole rings is 1. The highest BCUT2D eigenvalue weighted by Gasteiger charge is 2.33. The minimum atomic E-state index is -0.731. The fourth-order valence-corrected chi connectivity index (χ4v) is 3.99. The van der Waals surface area contributed by atoms with Crippen LogP contribution in [0.5, 0.6) is 5.75 Å². The van der Waals surface area contributed by atoms with Gasteiger partial charge in [0.2, 0.25) is 5.91 Å². The molecule has 0 bridgehead atoms. The van der Waals surface area contributed by atoms with Gasteiger partial charge in [-0.3, -0.25) is 19.3 Å². The first kappa shape index (κ1) is 20.5. The number of aryl methyl sites for hydroxylation is 1. The number of amides is 3. The smallest absolute Gasteiger partial charge is 0.268 e. The number of rotatable bonds is 5. The fraction of sp³-hybridized carbons (Fsp3) is 0.182. The van der Waals surface area contributed by atoms with E-state index in [4.69, 9.17) is 10.5 Å². The van der Waals surface area contributed by atoms with Crippen LogP contribution in [0.25, 0.3) is 11.3 Å². The molecule has 1 aromatic heterocycles. The van der Waals surface area contributed by atoms with Gasteiger partial charge in [-0.05, 0) is 44.2 Å². The first-order valence-electron chi connectivity index (χ1n) is 9.56. The van der Waals surface area contributed by atoms with Crippen LogP contribution >= 0.6 is 11.3 Å². The van der Waals surface area contributed by atoms with Crippen molar-refractivity contribution in [3.63, 3.8) is 0 Å². The summed E-state index contributed by atoms with van der Waals surface area (Å²) in [5.74, 6) is -0.942. The Bertz CT molecular complexity index is 1190. The predicted molar refractivity (Wildman–Crippen MR) is 118 cm³/mol. The lowest BCUT2D eigenvalue weighted by molar-refractivity contribution is -0.127. The summed E-state index contributed by atoms with van der Waals surface area (Å²) < 4.78 is 5.72. The summed E-state index contributed by atoms with van der Waals surface area (Å²) in [6.45, 7) is 3.31. The van der Waals surface area contributed by atoms with E-state index in [1.165, 1.54) is 22.3 Å². The summed E-state index contributed by atoms with van der Waals surface area (Å²) in [4.78, 5) is 43.1. The Hall–Kier alpha value is -3.72. The number of carbonyl (C=O) groups is 3. The molecule has 0 aliphatic carbocycles. The number of nitrogens with one attached hydrogen (secondary N) is 1. The van der Waals surface area contributed by atoms with Crippen molar-refractivity contribution in [2.24, 2.45) is 5.73 Å². The number of aromatic nitrogens is 1. The molecule has 0 radical (unpaired) electrons. The lowest BCUT2D eigenvalue weighted by Gasteiger charge is -2.33. The number of primary amides is 1. The third-order valence-electron chi connectivity index (χ3n) is 4.85. The molecule has 3 aromatic rings. The van der Waals surface area contributed by atoms with Crippen LogP contribution in [0.4, 0.5) is 11.4 Å². The zero-order valence-corrected chi connectivity index (χ0v) is 17.7. The van der Waals surface area contributed by atoms with Gasteiger partial charge < -0.3 is 15.8 Å². The number of nitrogens with two attached hydrogens (primary N) is 1. The van der Waals surface area contributed by atoms with Crippen LogP contribution in [0.3, 0.4) is 0 Å². The van der Waals surface area contributed by atoms with E-state index >= 15 is 0 Å². The van der Waals surface area contributed by atoms with Crippen molar-refractivity contribution < 1.29 is 19.1 Å². The third kappa shape index (κ3) is 4.13.